The maximum Gasteiger partial charge on any atom is 0.433 e. The number of nitrogens with one attached hydrogen (secondary N) is 1. The minimum absolute atomic E-state index is 0.173. The zero-order valence-corrected chi connectivity index (χ0v) is 20.9. The van der Waals surface area contributed by atoms with Crippen molar-refractivity contribution in [3.63, 3.8) is 0 Å². The summed E-state index contributed by atoms with van der Waals surface area (Å²) in [6.07, 6.45) is 1.45. The lowest BCUT2D eigenvalue weighted by atomic mass is 9.93. The van der Waals surface area contributed by atoms with Gasteiger partial charge in [0, 0.05) is 11.8 Å². The first-order valence-electron chi connectivity index (χ1n) is 11.2. The summed E-state index contributed by atoms with van der Waals surface area (Å²) in [6, 6.07) is 7.15. The van der Waals surface area contributed by atoms with Crippen LogP contribution in [0.1, 0.15) is 38.1 Å². The first kappa shape index (κ1) is 25.2. The number of hydrogen-bond donors (Lipinski definition) is 1. The van der Waals surface area contributed by atoms with Gasteiger partial charge in [-0.05, 0) is 44.5 Å². The SMILES string of the molecule is CCOc1ccc(C2C(C(=O)OC)=C(C)NC3S/C(=C\c4ccc([N+](=O)[O-])o4)C(=O)N32)cc1OCC. The number of nitrogens with zero attached hydrogens (tertiary/aromatic N) is 2. The van der Waals surface area contributed by atoms with Gasteiger partial charge in [0.25, 0.3) is 5.91 Å². The number of thioether (sulfide) groups is 1. The lowest BCUT2D eigenvalue weighted by Gasteiger charge is -2.39. The molecule has 2 aliphatic rings. The van der Waals surface area contributed by atoms with Crippen LogP contribution in [0.3, 0.4) is 0 Å². The van der Waals surface area contributed by atoms with Crippen LogP contribution in [0.15, 0.2) is 50.9 Å². The van der Waals surface area contributed by atoms with Gasteiger partial charge in [-0.3, -0.25) is 19.8 Å². The standard InChI is InChI=1S/C24H25N3O8S/c1-5-33-16-9-7-14(11-17(16)34-6-2)21-20(23(29)32-4)13(3)25-24-26(21)22(28)18(36-24)12-15-8-10-19(35-15)27(30)31/h7-12,21,24-25H,5-6H2,1-4H3/b18-12-. The largest absolute Gasteiger partial charge is 0.490 e. The average molecular weight is 516 g/mol. The molecule has 2 aromatic rings. The van der Waals surface area contributed by atoms with Crippen molar-refractivity contribution in [2.24, 2.45) is 0 Å². The number of rotatable bonds is 8. The van der Waals surface area contributed by atoms with E-state index in [2.05, 4.69) is 5.32 Å². The molecule has 3 heterocycles. The maximum atomic E-state index is 13.6. The van der Waals surface area contributed by atoms with Crippen LogP contribution in [0.25, 0.3) is 6.08 Å². The Balaban J connectivity index is 1.79. The van der Waals surface area contributed by atoms with Crippen molar-refractivity contribution in [2.75, 3.05) is 20.3 Å². The van der Waals surface area contributed by atoms with E-state index < -0.39 is 28.3 Å². The summed E-state index contributed by atoms with van der Waals surface area (Å²) < 4.78 is 21.7. The molecule has 36 heavy (non-hydrogen) atoms. The van der Waals surface area contributed by atoms with Crippen molar-refractivity contribution in [3.05, 3.63) is 67.9 Å². The van der Waals surface area contributed by atoms with Crippen LogP contribution in [-0.4, -0.2) is 47.5 Å². The maximum absolute atomic E-state index is 13.6. The van der Waals surface area contributed by atoms with E-state index in [4.69, 9.17) is 18.6 Å². The molecule has 1 saturated heterocycles. The molecule has 11 nitrogen and oxygen atoms in total. The van der Waals surface area contributed by atoms with Gasteiger partial charge >= 0.3 is 11.9 Å². The highest BCUT2D eigenvalue weighted by Crippen LogP contribution is 2.47. The second-order valence-electron chi connectivity index (χ2n) is 7.77. The molecule has 1 amide bonds. The third kappa shape index (κ3) is 4.63. The molecule has 0 radical (unpaired) electrons. The average Bonchev–Trinajstić information content (AvgIpc) is 3.44. The highest BCUT2D eigenvalue weighted by molar-refractivity contribution is 8.05. The Kier molecular flexibility index (Phi) is 7.25. The van der Waals surface area contributed by atoms with Crippen LogP contribution in [0.4, 0.5) is 5.88 Å². The first-order chi connectivity index (χ1) is 17.3. The zero-order chi connectivity index (χ0) is 26.0. The fourth-order valence-corrected chi connectivity index (χ4v) is 5.30. The van der Waals surface area contributed by atoms with E-state index in [1.54, 1.807) is 30.0 Å². The molecule has 2 atom stereocenters. The summed E-state index contributed by atoms with van der Waals surface area (Å²) >= 11 is 1.22. The molecule has 2 aliphatic heterocycles. The van der Waals surface area contributed by atoms with Crippen molar-refractivity contribution >= 4 is 35.6 Å². The van der Waals surface area contributed by atoms with Gasteiger partial charge in [-0.1, -0.05) is 17.8 Å². The lowest BCUT2D eigenvalue weighted by Crippen LogP contribution is -2.49. The third-order valence-electron chi connectivity index (χ3n) is 5.59. The van der Waals surface area contributed by atoms with E-state index in [-0.39, 0.29) is 17.2 Å². The summed E-state index contributed by atoms with van der Waals surface area (Å²) in [7, 11) is 1.28. The molecule has 4 rings (SSSR count). The molecule has 1 N–H and O–H groups in total. The molecule has 1 aromatic carbocycles. The van der Waals surface area contributed by atoms with Crippen LogP contribution in [0.2, 0.25) is 0 Å². The molecule has 0 aliphatic carbocycles. The number of esters is 1. The summed E-state index contributed by atoms with van der Waals surface area (Å²) in [4.78, 5) is 38.6. The smallest absolute Gasteiger partial charge is 0.433 e. The molecule has 0 bridgehead atoms. The Hall–Kier alpha value is -3.93. The van der Waals surface area contributed by atoms with Gasteiger partial charge < -0.3 is 23.9 Å². The van der Waals surface area contributed by atoms with E-state index in [9.17, 15) is 19.7 Å². The minimum Gasteiger partial charge on any atom is -0.490 e. The van der Waals surface area contributed by atoms with Gasteiger partial charge in [0.1, 0.15) is 10.7 Å². The summed E-state index contributed by atoms with van der Waals surface area (Å²) in [6.45, 7) is 6.31. The van der Waals surface area contributed by atoms with Crippen LogP contribution in [-0.2, 0) is 14.3 Å². The Morgan fingerprint density at radius 2 is 1.94 bits per heavy atom. The monoisotopic (exact) mass is 515 g/mol. The van der Waals surface area contributed by atoms with Gasteiger partial charge in [0.2, 0.25) is 0 Å². The number of benzene rings is 1. The Morgan fingerprint density at radius 3 is 2.58 bits per heavy atom. The number of fused-ring (bicyclic) bond motifs is 1. The third-order valence-corrected chi connectivity index (χ3v) is 6.70. The number of amides is 1. The number of hydrogen-bond acceptors (Lipinski definition) is 10. The van der Waals surface area contributed by atoms with Gasteiger partial charge in [-0.2, -0.15) is 0 Å². The van der Waals surface area contributed by atoms with Gasteiger partial charge in [0.05, 0.1) is 42.9 Å². The minimum atomic E-state index is -0.782. The number of methoxy groups -OCH3 is 1. The number of furan rings is 1. The Labute approximate surface area is 211 Å². The zero-order valence-electron chi connectivity index (χ0n) is 20.1. The van der Waals surface area contributed by atoms with E-state index in [1.165, 1.54) is 37.1 Å². The molecule has 1 aromatic heterocycles. The van der Waals surface area contributed by atoms with Crippen LogP contribution >= 0.6 is 11.8 Å². The molecule has 2 unspecified atom stereocenters. The fraction of sp³-hybridized carbons (Fsp3) is 0.333. The summed E-state index contributed by atoms with van der Waals surface area (Å²) in [5, 5.41) is 14.2. The second-order valence-corrected chi connectivity index (χ2v) is 8.90. The summed E-state index contributed by atoms with van der Waals surface area (Å²) in [5.41, 5.74) is 0.950. The van der Waals surface area contributed by atoms with Crippen molar-refractivity contribution in [3.8, 4) is 11.5 Å². The number of carbonyl (C=O) groups is 2. The van der Waals surface area contributed by atoms with Crippen molar-refractivity contribution in [1.82, 2.24) is 10.2 Å². The highest BCUT2D eigenvalue weighted by Gasteiger charge is 2.48. The number of allylic oxidation sites excluding steroid dienone is 1. The normalized spacial score (nSPS) is 20.3. The Morgan fingerprint density at radius 1 is 1.22 bits per heavy atom. The van der Waals surface area contributed by atoms with Gasteiger partial charge in [-0.25, -0.2) is 4.79 Å². The number of ether oxygens (including phenoxy) is 3. The molecule has 0 spiro atoms. The highest BCUT2D eigenvalue weighted by atomic mass is 32.2. The molecular weight excluding hydrogens is 490 g/mol. The van der Waals surface area contributed by atoms with E-state index in [1.807, 2.05) is 13.8 Å². The van der Waals surface area contributed by atoms with E-state index in [0.29, 0.717) is 40.9 Å². The van der Waals surface area contributed by atoms with Gasteiger partial charge in [0.15, 0.2) is 17.0 Å². The van der Waals surface area contributed by atoms with E-state index >= 15 is 0 Å². The lowest BCUT2D eigenvalue weighted by molar-refractivity contribution is -0.402. The topological polar surface area (TPSA) is 133 Å². The molecule has 0 saturated carbocycles. The van der Waals surface area contributed by atoms with Crippen LogP contribution < -0.4 is 14.8 Å². The predicted octanol–water partition coefficient (Wildman–Crippen LogP) is 3.98. The van der Waals surface area contributed by atoms with Crippen molar-refractivity contribution in [2.45, 2.75) is 32.3 Å². The first-order valence-corrected chi connectivity index (χ1v) is 12.1. The van der Waals surface area contributed by atoms with Crippen molar-refractivity contribution in [1.29, 1.82) is 0 Å². The number of nitro groups is 1. The van der Waals surface area contributed by atoms with E-state index in [0.717, 1.165) is 0 Å². The van der Waals surface area contributed by atoms with Gasteiger partial charge in [-0.15, -0.1) is 0 Å². The predicted molar refractivity (Wildman–Crippen MR) is 131 cm³/mol. The van der Waals surface area contributed by atoms with Crippen LogP contribution in [0.5, 0.6) is 11.5 Å². The number of carbonyl (C=O) groups excluding carboxylic acids is 2. The van der Waals surface area contributed by atoms with Crippen molar-refractivity contribution < 1.29 is 33.1 Å². The molecule has 1 fully saturated rings. The Bertz CT molecular complexity index is 1270. The quantitative estimate of drug-likeness (QED) is 0.238. The molecular formula is C24H25N3O8S. The molecule has 12 heteroatoms. The second kappa shape index (κ2) is 10.4. The van der Waals surface area contributed by atoms with Crippen LogP contribution in [0, 0.1) is 10.1 Å². The fourth-order valence-electron chi connectivity index (χ4n) is 4.10. The summed E-state index contributed by atoms with van der Waals surface area (Å²) in [5.74, 6) is -0.154. The molecule has 190 valence electrons.